The number of hydrogen-bond donors (Lipinski definition) is 1. The summed E-state index contributed by atoms with van der Waals surface area (Å²) in [6.45, 7) is -0.362. The van der Waals surface area contributed by atoms with E-state index in [1.807, 2.05) is 6.07 Å². The van der Waals surface area contributed by atoms with Crippen LogP contribution in [0.4, 0.5) is 14.5 Å². The summed E-state index contributed by atoms with van der Waals surface area (Å²) in [5.74, 6) is -2.15. The molecule has 2 aromatic rings. The van der Waals surface area contributed by atoms with Crippen molar-refractivity contribution < 1.29 is 26.7 Å². The first-order valence-corrected chi connectivity index (χ1v) is 9.87. The molecule has 0 fully saturated rings. The molecule has 0 aliphatic heterocycles. The molecular weight excluding hydrogens is 378 g/mol. The lowest BCUT2D eigenvalue weighted by molar-refractivity contribution is -0.116. The van der Waals surface area contributed by atoms with Crippen LogP contribution in [0, 0.1) is 11.6 Å². The third kappa shape index (κ3) is 6.30. The number of nitrogens with zero attached hydrogens (tertiary/aromatic N) is 1. The van der Waals surface area contributed by atoms with E-state index in [1.165, 1.54) is 13.2 Å². The quantitative estimate of drug-likeness (QED) is 0.741. The first-order valence-electron chi connectivity index (χ1n) is 8.02. The maximum Gasteiger partial charge on any atom is 0.239 e. The van der Waals surface area contributed by atoms with Crippen LogP contribution in [0.15, 0.2) is 42.5 Å². The van der Waals surface area contributed by atoms with Crippen LogP contribution < -0.4 is 10.1 Å². The van der Waals surface area contributed by atoms with E-state index in [2.05, 4.69) is 5.32 Å². The third-order valence-corrected chi connectivity index (χ3v) is 5.03. The van der Waals surface area contributed by atoms with Gasteiger partial charge in [-0.25, -0.2) is 17.2 Å². The molecule has 2 rings (SSSR count). The van der Waals surface area contributed by atoms with Crippen molar-refractivity contribution in [2.24, 2.45) is 0 Å². The molecule has 0 aromatic heterocycles. The molecule has 27 heavy (non-hydrogen) atoms. The number of rotatable bonds is 8. The number of amides is 1. The molecule has 0 bridgehead atoms. The van der Waals surface area contributed by atoms with Gasteiger partial charge in [0.15, 0.2) is 11.6 Å². The Labute approximate surface area is 156 Å². The average Bonchev–Trinajstić information content (AvgIpc) is 2.61. The van der Waals surface area contributed by atoms with Crippen LogP contribution in [0.2, 0.25) is 0 Å². The topological polar surface area (TPSA) is 75.7 Å². The Morgan fingerprint density at radius 3 is 2.52 bits per heavy atom. The zero-order valence-corrected chi connectivity index (χ0v) is 15.7. The fourth-order valence-corrected chi connectivity index (χ4v) is 3.15. The highest BCUT2D eigenvalue weighted by Crippen LogP contribution is 2.15. The van der Waals surface area contributed by atoms with E-state index >= 15 is 0 Å². The highest BCUT2D eigenvalue weighted by atomic mass is 32.2. The maximum absolute atomic E-state index is 13.2. The Kier molecular flexibility index (Phi) is 6.86. The number of carbonyl (C=O) groups excluding carboxylic acids is 1. The van der Waals surface area contributed by atoms with E-state index in [1.54, 1.807) is 18.2 Å². The molecule has 0 saturated carbocycles. The molecule has 0 saturated heterocycles. The van der Waals surface area contributed by atoms with Gasteiger partial charge in [-0.15, -0.1) is 0 Å². The first-order chi connectivity index (χ1) is 12.7. The summed E-state index contributed by atoms with van der Waals surface area (Å²) in [7, 11) is -2.11. The Balaban J connectivity index is 2.03. The lowest BCUT2D eigenvalue weighted by atomic mass is 10.1. The Bertz CT molecular complexity index is 919. The van der Waals surface area contributed by atoms with Gasteiger partial charge in [0, 0.05) is 18.3 Å². The summed E-state index contributed by atoms with van der Waals surface area (Å²) in [5.41, 5.74) is 0.893. The minimum atomic E-state index is -3.65. The number of nitrogens with one attached hydrogen (secondary N) is 1. The average molecular weight is 398 g/mol. The van der Waals surface area contributed by atoms with Crippen LogP contribution in [-0.4, -0.2) is 45.1 Å². The zero-order chi connectivity index (χ0) is 20.0. The number of ether oxygens (including phenoxy) is 1. The fraction of sp³-hybridized carbons (Fsp3) is 0.278. The predicted molar refractivity (Wildman–Crippen MR) is 98.1 cm³/mol. The Morgan fingerprint density at radius 1 is 1.15 bits per heavy atom. The van der Waals surface area contributed by atoms with Gasteiger partial charge >= 0.3 is 0 Å². The van der Waals surface area contributed by atoms with Crippen LogP contribution in [0.25, 0.3) is 0 Å². The molecule has 0 heterocycles. The molecule has 0 radical (unpaired) electrons. The zero-order valence-electron chi connectivity index (χ0n) is 14.9. The van der Waals surface area contributed by atoms with Gasteiger partial charge in [-0.3, -0.25) is 4.79 Å². The summed E-state index contributed by atoms with van der Waals surface area (Å²) < 4.78 is 56.2. The van der Waals surface area contributed by atoms with E-state index < -0.39 is 34.1 Å². The maximum atomic E-state index is 13.2. The minimum Gasteiger partial charge on any atom is -0.497 e. The molecule has 9 heteroatoms. The second kappa shape index (κ2) is 8.92. The van der Waals surface area contributed by atoms with Crippen molar-refractivity contribution in [2.45, 2.75) is 6.42 Å². The number of halogens is 2. The van der Waals surface area contributed by atoms with Crippen molar-refractivity contribution in [1.29, 1.82) is 0 Å². The summed E-state index contributed by atoms with van der Waals surface area (Å²) in [6.07, 6.45) is 1.38. The van der Waals surface area contributed by atoms with Gasteiger partial charge in [0.1, 0.15) is 5.75 Å². The van der Waals surface area contributed by atoms with Crippen LogP contribution in [0.1, 0.15) is 5.56 Å². The van der Waals surface area contributed by atoms with Crippen molar-refractivity contribution in [3.05, 3.63) is 59.7 Å². The first kappa shape index (κ1) is 20.8. The monoisotopic (exact) mass is 398 g/mol. The van der Waals surface area contributed by atoms with Crippen molar-refractivity contribution in [2.75, 3.05) is 31.8 Å². The standard InChI is InChI=1S/C18H20F2N2O4S/c1-26-15-5-3-4-13(10-15)8-9-22(27(2,24)25)12-18(23)21-14-6-7-16(19)17(20)11-14/h3-7,10-11H,8-9,12H2,1-2H3,(H,21,23). The molecular formula is C18H20F2N2O4S. The Morgan fingerprint density at radius 2 is 1.89 bits per heavy atom. The van der Waals surface area contributed by atoms with Gasteiger partial charge in [0.05, 0.1) is 19.9 Å². The molecule has 1 N–H and O–H groups in total. The second-order valence-electron chi connectivity index (χ2n) is 5.88. The molecule has 2 aromatic carbocycles. The molecule has 0 spiro atoms. The highest BCUT2D eigenvalue weighted by molar-refractivity contribution is 7.88. The second-order valence-corrected chi connectivity index (χ2v) is 7.86. The number of hydrogen-bond acceptors (Lipinski definition) is 4. The molecule has 146 valence electrons. The van der Waals surface area contributed by atoms with Crippen molar-refractivity contribution in [3.8, 4) is 5.75 Å². The lowest BCUT2D eigenvalue weighted by Gasteiger charge is -2.19. The third-order valence-electron chi connectivity index (χ3n) is 3.78. The van der Waals surface area contributed by atoms with E-state index in [-0.39, 0.29) is 12.2 Å². The van der Waals surface area contributed by atoms with E-state index in [4.69, 9.17) is 4.74 Å². The summed E-state index contributed by atoms with van der Waals surface area (Å²) in [6, 6.07) is 10.1. The van der Waals surface area contributed by atoms with Crippen LogP contribution in [0.3, 0.4) is 0 Å². The van der Waals surface area contributed by atoms with Gasteiger partial charge in [0.25, 0.3) is 0 Å². The smallest absolute Gasteiger partial charge is 0.239 e. The van der Waals surface area contributed by atoms with Crippen molar-refractivity contribution in [3.63, 3.8) is 0 Å². The van der Waals surface area contributed by atoms with Crippen molar-refractivity contribution >= 4 is 21.6 Å². The minimum absolute atomic E-state index is 0.0418. The summed E-state index contributed by atoms with van der Waals surface area (Å²) >= 11 is 0. The van der Waals surface area contributed by atoms with Crippen LogP contribution >= 0.6 is 0 Å². The molecule has 0 aliphatic carbocycles. The molecule has 0 unspecified atom stereocenters. The molecule has 6 nitrogen and oxygen atoms in total. The van der Waals surface area contributed by atoms with E-state index in [0.717, 1.165) is 28.3 Å². The normalized spacial score (nSPS) is 11.4. The van der Waals surface area contributed by atoms with E-state index in [9.17, 15) is 22.0 Å². The lowest BCUT2D eigenvalue weighted by Crippen LogP contribution is -2.38. The van der Waals surface area contributed by atoms with Gasteiger partial charge in [-0.2, -0.15) is 4.31 Å². The summed E-state index contributed by atoms with van der Waals surface area (Å²) in [5, 5.41) is 2.36. The van der Waals surface area contributed by atoms with E-state index in [0.29, 0.717) is 12.2 Å². The summed E-state index contributed by atoms with van der Waals surface area (Å²) in [4.78, 5) is 12.1. The predicted octanol–water partition coefficient (Wildman–Crippen LogP) is 2.42. The van der Waals surface area contributed by atoms with Crippen LogP contribution in [-0.2, 0) is 21.2 Å². The highest BCUT2D eigenvalue weighted by Gasteiger charge is 2.20. The number of anilines is 1. The largest absolute Gasteiger partial charge is 0.497 e. The van der Waals surface area contributed by atoms with Crippen molar-refractivity contribution in [1.82, 2.24) is 4.31 Å². The molecule has 1 amide bonds. The van der Waals surface area contributed by atoms with Gasteiger partial charge < -0.3 is 10.1 Å². The fourth-order valence-electron chi connectivity index (χ4n) is 2.38. The number of methoxy groups -OCH3 is 1. The van der Waals surface area contributed by atoms with Gasteiger partial charge in [-0.05, 0) is 36.2 Å². The number of sulfonamides is 1. The number of benzene rings is 2. The SMILES string of the molecule is COc1cccc(CCN(CC(=O)Nc2ccc(F)c(F)c2)S(C)(=O)=O)c1. The van der Waals surface area contributed by atoms with Crippen LogP contribution in [0.5, 0.6) is 5.75 Å². The van der Waals surface area contributed by atoms with Gasteiger partial charge in [0.2, 0.25) is 15.9 Å². The molecule has 0 atom stereocenters. The number of carbonyl (C=O) groups is 1. The van der Waals surface area contributed by atoms with Gasteiger partial charge in [-0.1, -0.05) is 12.1 Å². The Hall–Kier alpha value is -2.52. The molecule has 0 aliphatic rings.